The number of unbranched alkanes of at least 4 members (excludes halogenated alkanes) is 9. The first-order chi connectivity index (χ1) is 16.9. The van der Waals surface area contributed by atoms with Gasteiger partial charge < -0.3 is 28.8 Å². The minimum atomic E-state index is 0.0416. The third-order valence-electron chi connectivity index (χ3n) is 5.59. The van der Waals surface area contributed by atoms with Crippen molar-refractivity contribution < 1.29 is 28.8 Å². The van der Waals surface area contributed by atoms with E-state index in [1.165, 1.54) is 69.8 Å². The van der Waals surface area contributed by atoms with Gasteiger partial charge in [0.15, 0.2) is 0 Å². The number of aliphatic hydroxyl groups is 1. The fourth-order valence-electron chi connectivity index (χ4n) is 3.61. The van der Waals surface area contributed by atoms with E-state index >= 15 is 0 Å². The van der Waals surface area contributed by atoms with Crippen LogP contribution in [-0.2, 0) is 25.4 Å². The molecule has 0 spiro atoms. The molecule has 0 aliphatic carbocycles. The second-order valence-corrected chi connectivity index (χ2v) is 8.60. The van der Waals surface area contributed by atoms with Crippen molar-refractivity contribution >= 4 is 0 Å². The monoisotopic (exact) mass is 482 g/mol. The molecule has 34 heavy (non-hydrogen) atoms. The molecule has 0 amide bonds. The van der Waals surface area contributed by atoms with Gasteiger partial charge in [-0.15, -0.1) is 0 Å². The van der Waals surface area contributed by atoms with E-state index in [0.717, 1.165) is 12.2 Å². The Morgan fingerprint density at radius 2 is 0.971 bits per heavy atom. The molecule has 0 radical (unpaired) electrons. The zero-order valence-electron chi connectivity index (χ0n) is 21.6. The molecule has 1 N–H and O–H groups in total. The van der Waals surface area contributed by atoms with Crippen molar-refractivity contribution in [3.8, 4) is 5.75 Å². The summed E-state index contributed by atoms with van der Waals surface area (Å²) in [5.41, 5.74) is 1.39. The molecule has 0 saturated carbocycles. The van der Waals surface area contributed by atoms with Crippen molar-refractivity contribution in [3.05, 3.63) is 29.8 Å². The van der Waals surface area contributed by atoms with Crippen LogP contribution in [0.25, 0.3) is 0 Å². The maximum absolute atomic E-state index is 8.58. The highest BCUT2D eigenvalue weighted by Crippen LogP contribution is 2.15. The van der Waals surface area contributed by atoms with Crippen molar-refractivity contribution in [1.29, 1.82) is 0 Å². The van der Waals surface area contributed by atoms with E-state index in [1.807, 2.05) is 0 Å². The van der Waals surface area contributed by atoms with Crippen LogP contribution in [0.4, 0.5) is 0 Å². The third-order valence-corrected chi connectivity index (χ3v) is 5.59. The number of aryl methyl sites for hydroxylation is 1. The maximum Gasteiger partial charge on any atom is 0.119 e. The standard InChI is InChI=1S/C28H50O6/c1-2-3-4-5-6-7-8-9-10-11-12-27-13-15-28(16-14-27)34-26-25-33-24-23-32-22-21-31-20-19-30-18-17-29/h13-16,29H,2-12,17-26H2,1H3. The Kier molecular flexibility index (Phi) is 22.6. The largest absolute Gasteiger partial charge is 0.491 e. The van der Waals surface area contributed by atoms with Crippen LogP contribution < -0.4 is 4.74 Å². The average Bonchev–Trinajstić information content (AvgIpc) is 2.86. The lowest BCUT2D eigenvalue weighted by Gasteiger charge is -2.09. The van der Waals surface area contributed by atoms with E-state index in [9.17, 15) is 0 Å². The summed E-state index contributed by atoms with van der Waals surface area (Å²) in [5.74, 6) is 0.895. The Morgan fingerprint density at radius 1 is 0.529 bits per heavy atom. The molecule has 6 heteroatoms. The number of benzene rings is 1. The fourth-order valence-corrected chi connectivity index (χ4v) is 3.61. The molecule has 0 aromatic heterocycles. The molecule has 0 heterocycles. The normalized spacial score (nSPS) is 11.2. The Labute approximate surface area is 208 Å². The lowest BCUT2D eigenvalue weighted by Crippen LogP contribution is -2.14. The summed E-state index contributed by atoms with van der Waals surface area (Å²) in [5, 5.41) is 8.58. The lowest BCUT2D eigenvalue weighted by atomic mass is 10.0. The molecule has 0 saturated heterocycles. The molecule has 1 aromatic carbocycles. The molecule has 0 atom stereocenters. The van der Waals surface area contributed by atoms with Gasteiger partial charge in [-0.1, -0.05) is 76.8 Å². The molecule has 0 fully saturated rings. The first kappa shape index (κ1) is 30.9. The lowest BCUT2D eigenvalue weighted by molar-refractivity contribution is -0.00779. The van der Waals surface area contributed by atoms with Gasteiger partial charge in [0, 0.05) is 0 Å². The first-order valence-electron chi connectivity index (χ1n) is 13.5. The fraction of sp³-hybridized carbons (Fsp3) is 0.786. The number of rotatable bonds is 26. The molecule has 1 rings (SSSR count). The Bertz CT molecular complexity index is 522. The number of aliphatic hydroxyl groups excluding tert-OH is 1. The molecule has 0 unspecified atom stereocenters. The molecular formula is C28H50O6. The summed E-state index contributed by atoms with van der Waals surface area (Å²) >= 11 is 0. The molecule has 198 valence electrons. The van der Waals surface area contributed by atoms with Crippen LogP contribution in [-0.4, -0.2) is 71.2 Å². The summed E-state index contributed by atoms with van der Waals surface area (Å²) in [6, 6.07) is 8.48. The maximum atomic E-state index is 8.58. The predicted octanol–water partition coefficient (Wildman–Crippen LogP) is 5.59. The van der Waals surface area contributed by atoms with Gasteiger partial charge in [-0.25, -0.2) is 0 Å². The predicted molar refractivity (Wildman–Crippen MR) is 138 cm³/mol. The van der Waals surface area contributed by atoms with E-state index < -0.39 is 0 Å². The summed E-state index contributed by atoms with van der Waals surface area (Å²) in [6.07, 6.45) is 14.9. The molecular weight excluding hydrogens is 432 g/mol. The smallest absolute Gasteiger partial charge is 0.119 e. The highest BCUT2D eigenvalue weighted by molar-refractivity contribution is 5.27. The van der Waals surface area contributed by atoms with Crippen LogP contribution in [0.5, 0.6) is 5.75 Å². The molecule has 0 aliphatic heterocycles. The highest BCUT2D eigenvalue weighted by Gasteiger charge is 1.98. The van der Waals surface area contributed by atoms with Crippen LogP contribution in [0.2, 0.25) is 0 Å². The van der Waals surface area contributed by atoms with Crippen LogP contribution in [0.15, 0.2) is 24.3 Å². The van der Waals surface area contributed by atoms with Gasteiger partial charge >= 0.3 is 0 Å². The summed E-state index contributed by atoms with van der Waals surface area (Å²) in [7, 11) is 0. The van der Waals surface area contributed by atoms with Crippen molar-refractivity contribution in [2.75, 3.05) is 66.1 Å². The number of hydrogen-bond donors (Lipinski definition) is 1. The molecule has 0 aliphatic rings. The third kappa shape index (κ3) is 20.2. The second-order valence-electron chi connectivity index (χ2n) is 8.60. The summed E-state index contributed by atoms with van der Waals surface area (Å²) < 4.78 is 27.2. The topological polar surface area (TPSA) is 66.4 Å². The Balaban J connectivity index is 1.86. The van der Waals surface area contributed by atoms with E-state index in [1.54, 1.807) is 0 Å². The minimum Gasteiger partial charge on any atom is -0.491 e. The van der Waals surface area contributed by atoms with E-state index in [2.05, 4.69) is 31.2 Å². The van der Waals surface area contributed by atoms with Crippen molar-refractivity contribution in [3.63, 3.8) is 0 Å². The van der Waals surface area contributed by atoms with Gasteiger partial charge in [-0.05, 0) is 30.5 Å². The number of hydrogen-bond acceptors (Lipinski definition) is 6. The van der Waals surface area contributed by atoms with Gasteiger partial charge in [0.25, 0.3) is 0 Å². The zero-order chi connectivity index (χ0) is 24.4. The Hall–Kier alpha value is -1.18. The molecule has 1 aromatic rings. The quantitative estimate of drug-likeness (QED) is 0.174. The Morgan fingerprint density at radius 3 is 1.47 bits per heavy atom. The van der Waals surface area contributed by atoms with Gasteiger partial charge in [-0.3, -0.25) is 0 Å². The van der Waals surface area contributed by atoms with E-state index in [4.69, 9.17) is 28.8 Å². The van der Waals surface area contributed by atoms with Crippen LogP contribution in [0.1, 0.15) is 76.7 Å². The van der Waals surface area contributed by atoms with Gasteiger partial charge in [0.2, 0.25) is 0 Å². The highest BCUT2D eigenvalue weighted by atomic mass is 16.6. The van der Waals surface area contributed by atoms with Crippen molar-refractivity contribution in [1.82, 2.24) is 0 Å². The minimum absolute atomic E-state index is 0.0416. The van der Waals surface area contributed by atoms with Crippen molar-refractivity contribution in [2.45, 2.75) is 77.6 Å². The van der Waals surface area contributed by atoms with Gasteiger partial charge in [0.1, 0.15) is 12.4 Å². The van der Waals surface area contributed by atoms with E-state index in [0.29, 0.717) is 59.5 Å². The summed E-state index contributed by atoms with van der Waals surface area (Å²) in [4.78, 5) is 0. The van der Waals surface area contributed by atoms with Crippen LogP contribution >= 0.6 is 0 Å². The van der Waals surface area contributed by atoms with Crippen molar-refractivity contribution in [2.24, 2.45) is 0 Å². The molecule has 0 bridgehead atoms. The summed E-state index contributed by atoms with van der Waals surface area (Å²) in [6.45, 7) is 6.90. The first-order valence-corrected chi connectivity index (χ1v) is 13.5. The average molecular weight is 483 g/mol. The SMILES string of the molecule is CCCCCCCCCCCCc1ccc(OCCOCCOCCOCCOCCO)cc1. The van der Waals surface area contributed by atoms with E-state index in [-0.39, 0.29) is 6.61 Å². The van der Waals surface area contributed by atoms with Crippen LogP contribution in [0.3, 0.4) is 0 Å². The van der Waals surface area contributed by atoms with Crippen LogP contribution in [0, 0.1) is 0 Å². The second kappa shape index (κ2) is 24.9. The van der Waals surface area contributed by atoms with Gasteiger partial charge in [0.05, 0.1) is 59.5 Å². The zero-order valence-corrected chi connectivity index (χ0v) is 21.6. The number of ether oxygens (including phenoxy) is 5. The molecule has 6 nitrogen and oxygen atoms in total. The van der Waals surface area contributed by atoms with Gasteiger partial charge in [-0.2, -0.15) is 0 Å².